The Hall–Kier alpha value is -1.88. The van der Waals surface area contributed by atoms with E-state index in [1.165, 1.54) is 0 Å². The minimum Gasteiger partial charge on any atom is -0.497 e. The Balaban J connectivity index is 2.12. The van der Waals surface area contributed by atoms with E-state index in [9.17, 15) is 0 Å². The first kappa shape index (κ1) is 11.2. The van der Waals surface area contributed by atoms with Crippen LogP contribution >= 0.6 is 15.9 Å². The van der Waals surface area contributed by atoms with E-state index in [0.29, 0.717) is 0 Å². The van der Waals surface area contributed by atoms with E-state index < -0.39 is 0 Å². The minimum absolute atomic E-state index is 0.776. The molecule has 0 amide bonds. The molecule has 90 valence electrons. The number of fused-ring (bicyclic) bond motifs is 1. The first-order valence-electron chi connectivity index (χ1n) is 5.42. The molecule has 5 heteroatoms. The number of benzene rings is 1. The van der Waals surface area contributed by atoms with Gasteiger partial charge in [0, 0.05) is 5.56 Å². The SMILES string of the molecule is COc1cccc(-c2ccc3nc(Br)cn3n2)c1. The maximum absolute atomic E-state index is 5.21. The van der Waals surface area contributed by atoms with Gasteiger partial charge in [-0.2, -0.15) is 5.10 Å². The summed E-state index contributed by atoms with van der Waals surface area (Å²) in [5.74, 6) is 0.821. The summed E-state index contributed by atoms with van der Waals surface area (Å²) in [5.41, 5.74) is 2.71. The maximum atomic E-state index is 5.21. The predicted octanol–water partition coefficient (Wildman–Crippen LogP) is 3.17. The number of methoxy groups -OCH3 is 1. The summed E-state index contributed by atoms with van der Waals surface area (Å²) in [6, 6.07) is 11.7. The molecule has 0 saturated carbocycles. The fraction of sp³-hybridized carbons (Fsp3) is 0.0769. The highest BCUT2D eigenvalue weighted by Crippen LogP contribution is 2.22. The number of aromatic nitrogens is 3. The van der Waals surface area contributed by atoms with Crippen molar-refractivity contribution >= 4 is 21.6 Å². The maximum Gasteiger partial charge on any atom is 0.154 e. The van der Waals surface area contributed by atoms with Crippen molar-refractivity contribution in [1.29, 1.82) is 0 Å². The van der Waals surface area contributed by atoms with Crippen LogP contribution in [-0.2, 0) is 0 Å². The molecule has 0 bridgehead atoms. The Bertz CT molecular complexity index is 708. The normalized spacial score (nSPS) is 10.8. The third-order valence-corrected chi connectivity index (χ3v) is 3.04. The second-order valence-electron chi connectivity index (χ2n) is 3.82. The lowest BCUT2D eigenvalue weighted by molar-refractivity contribution is 0.415. The Morgan fingerprint density at radius 1 is 1.22 bits per heavy atom. The van der Waals surface area contributed by atoms with E-state index >= 15 is 0 Å². The average Bonchev–Trinajstić information content (AvgIpc) is 2.77. The smallest absolute Gasteiger partial charge is 0.154 e. The lowest BCUT2D eigenvalue weighted by atomic mass is 10.1. The summed E-state index contributed by atoms with van der Waals surface area (Å²) in [6.45, 7) is 0. The van der Waals surface area contributed by atoms with E-state index in [-0.39, 0.29) is 0 Å². The van der Waals surface area contributed by atoms with Crippen molar-refractivity contribution in [3.63, 3.8) is 0 Å². The van der Waals surface area contributed by atoms with Crippen molar-refractivity contribution in [2.45, 2.75) is 0 Å². The van der Waals surface area contributed by atoms with Crippen molar-refractivity contribution in [3.05, 3.63) is 47.2 Å². The zero-order chi connectivity index (χ0) is 12.5. The van der Waals surface area contributed by atoms with Crippen LogP contribution in [0.15, 0.2) is 47.2 Å². The molecule has 3 rings (SSSR count). The number of rotatable bonds is 2. The van der Waals surface area contributed by atoms with Gasteiger partial charge in [-0.3, -0.25) is 0 Å². The monoisotopic (exact) mass is 303 g/mol. The molecule has 1 aromatic carbocycles. The van der Waals surface area contributed by atoms with Crippen molar-refractivity contribution in [2.75, 3.05) is 7.11 Å². The van der Waals surface area contributed by atoms with Crippen molar-refractivity contribution < 1.29 is 4.74 Å². The lowest BCUT2D eigenvalue weighted by Gasteiger charge is -2.04. The third-order valence-electron chi connectivity index (χ3n) is 2.66. The molecule has 0 fully saturated rings. The molecule has 4 nitrogen and oxygen atoms in total. The van der Waals surface area contributed by atoms with Crippen LogP contribution in [0.4, 0.5) is 0 Å². The van der Waals surface area contributed by atoms with Crippen LogP contribution in [0.3, 0.4) is 0 Å². The van der Waals surface area contributed by atoms with Crippen LogP contribution in [0, 0.1) is 0 Å². The van der Waals surface area contributed by atoms with Gasteiger partial charge in [0.1, 0.15) is 10.4 Å². The fourth-order valence-corrected chi connectivity index (χ4v) is 2.17. The van der Waals surface area contributed by atoms with Crippen LogP contribution in [-0.4, -0.2) is 21.7 Å². The quantitative estimate of drug-likeness (QED) is 0.730. The van der Waals surface area contributed by atoms with Gasteiger partial charge in [-0.05, 0) is 40.2 Å². The van der Waals surface area contributed by atoms with Crippen LogP contribution in [0.1, 0.15) is 0 Å². The molecule has 0 saturated heterocycles. The van der Waals surface area contributed by atoms with Crippen molar-refractivity contribution in [3.8, 4) is 17.0 Å². The fourth-order valence-electron chi connectivity index (χ4n) is 1.79. The van der Waals surface area contributed by atoms with E-state index in [1.54, 1.807) is 11.6 Å². The Morgan fingerprint density at radius 3 is 2.94 bits per heavy atom. The molecule has 0 aliphatic carbocycles. The van der Waals surface area contributed by atoms with Crippen LogP contribution in [0.2, 0.25) is 0 Å². The molecule has 0 atom stereocenters. The Kier molecular flexibility index (Phi) is 2.76. The standard InChI is InChI=1S/C13H10BrN3O/c1-18-10-4-2-3-9(7-10)11-5-6-13-15-12(14)8-17(13)16-11/h2-8H,1H3. The van der Waals surface area contributed by atoms with E-state index in [2.05, 4.69) is 26.0 Å². The lowest BCUT2D eigenvalue weighted by Crippen LogP contribution is -1.93. The molecule has 18 heavy (non-hydrogen) atoms. The van der Waals surface area contributed by atoms with Gasteiger partial charge in [0.2, 0.25) is 0 Å². The summed E-state index contributed by atoms with van der Waals surface area (Å²) in [5, 5.41) is 4.51. The van der Waals surface area contributed by atoms with Crippen LogP contribution in [0.25, 0.3) is 16.9 Å². The summed E-state index contributed by atoms with van der Waals surface area (Å²) < 4.78 is 7.74. The highest BCUT2D eigenvalue weighted by atomic mass is 79.9. The summed E-state index contributed by atoms with van der Waals surface area (Å²) in [4.78, 5) is 4.27. The summed E-state index contributed by atoms with van der Waals surface area (Å²) in [6.07, 6.45) is 1.83. The number of ether oxygens (including phenoxy) is 1. The van der Waals surface area contributed by atoms with E-state index in [4.69, 9.17) is 4.74 Å². The first-order valence-corrected chi connectivity index (χ1v) is 6.22. The molecule has 0 N–H and O–H groups in total. The first-order chi connectivity index (χ1) is 8.76. The summed E-state index contributed by atoms with van der Waals surface area (Å²) >= 11 is 3.34. The number of imidazole rings is 1. The van der Waals surface area contributed by atoms with Gasteiger partial charge >= 0.3 is 0 Å². The Labute approximate surface area is 112 Å². The molecule has 2 aromatic heterocycles. The molecule has 3 aromatic rings. The van der Waals surface area contributed by atoms with E-state index in [0.717, 1.165) is 27.3 Å². The highest BCUT2D eigenvalue weighted by Gasteiger charge is 2.04. The van der Waals surface area contributed by atoms with Gasteiger partial charge in [-0.15, -0.1) is 0 Å². The van der Waals surface area contributed by atoms with Crippen LogP contribution < -0.4 is 4.74 Å². The van der Waals surface area contributed by atoms with Gasteiger partial charge in [-0.1, -0.05) is 12.1 Å². The zero-order valence-corrected chi connectivity index (χ0v) is 11.3. The molecule has 0 radical (unpaired) electrons. The van der Waals surface area contributed by atoms with E-state index in [1.807, 2.05) is 42.6 Å². The Morgan fingerprint density at radius 2 is 2.11 bits per heavy atom. The number of nitrogens with zero attached hydrogens (tertiary/aromatic N) is 3. The highest BCUT2D eigenvalue weighted by molar-refractivity contribution is 9.10. The van der Waals surface area contributed by atoms with Crippen LogP contribution in [0.5, 0.6) is 5.75 Å². The molecule has 0 unspecified atom stereocenters. The number of hydrogen-bond acceptors (Lipinski definition) is 3. The molecule has 0 spiro atoms. The second-order valence-corrected chi connectivity index (χ2v) is 4.63. The van der Waals surface area contributed by atoms with Gasteiger partial charge in [-0.25, -0.2) is 9.50 Å². The average molecular weight is 304 g/mol. The number of hydrogen-bond donors (Lipinski definition) is 0. The minimum atomic E-state index is 0.776. The van der Waals surface area contributed by atoms with Gasteiger partial charge in [0.25, 0.3) is 0 Å². The molecular formula is C13H10BrN3O. The molecule has 0 aliphatic heterocycles. The molecule has 0 aliphatic rings. The number of halogens is 1. The zero-order valence-electron chi connectivity index (χ0n) is 9.67. The van der Waals surface area contributed by atoms with Gasteiger partial charge in [0.15, 0.2) is 5.65 Å². The van der Waals surface area contributed by atoms with Gasteiger partial charge < -0.3 is 4.74 Å². The second kappa shape index (κ2) is 4.42. The molecule has 2 heterocycles. The van der Waals surface area contributed by atoms with Crippen molar-refractivity contribution in [2.24, 2.45) is 0 Å². The largest absolute Gasteiger partial charge is 0.497 e. The predicted molar refractivity (Wildman–Crippen MR) is 72.7 cm³/mol. The van der Waals surface area contributed by atoms with Crippen molar-refractivity contribution in [1.82, 2.24) is 14.6 Å². The summed E-state index contributed by atoms with van der Waals surface area (Å²) in [7, 11) is 1.66. The third kappa shape index (κ3) is 1.97. The van der Waals surface area contributed by atoms with Gasteiger partial charge in [0.05, 0.1) is 19.0 Å². The molecular weight excluding hydrogens is 294 g/mol. The topological polar surface area (TPSA) is 39.4 Å².